The number of aromatic nitrogens is 2. The van der Waals surface area contributed by atoms with Crippen LogP contribution in [0.25, 0.3) is 11.4 Å². The van der Waals surface area contributed by atoms with Crippen molar-refractivity contribution in [1.82, 2.24) is 15.0 Å². The van der Waals surface area contributed by atoms with Crippen LogP contribution in [0.4, 0.5) is 4.39 Å². The van der Waals surface area contributed by atoms with E-state index >= 15 is 0 Å². The van der Waals surface area contributed by atoms with E-state index in [4.69, 9.17) is 4.52 Å². The molecule has 2 rings (SSSR count). The van der Waals surface area contributed by atoms with Crippen molar-refractivity contribution in [2.24, 2.45) is 5.92 Å². The predicted molar refractivity (Wildman–Crippen MR) is 84.9 cm³/mol. The van der Waals surface area contributed by atoms with Crippen molar-refractivity contribution in [3.63, 3.8) is 0 Å². The Balaban J connectivity index is 2.11. The highest BCUT2D eigenvalue weighted by molar-refractivity contribution is 5.55. The Bertz CT molecular complexity index is 624. The van der Waals surface area contributed by atoms with Crippen LogP contribution in [0.2, 0.25) is 0 Å². The highest BCUT2D eigenvalue weighted by atomic mass is 19.1. The average Bonchev–Trinajstić information content (AvgIpc) is 2.96. The van der Waals surface area contributed by atoms with E-state index in [1.807, 2.05) is 6.92 Å². The maximum Gasteiger partial charge on any atom is 0.244 e. The van der Waals surface area contributed by atoms with Gasteiger partial charge < -0.3 is 4.52 Å². The number of nitrogens with zero attached hydrogens (tertiary/aromatic N) is 3. The fraction of sp³-hybridized carbons (Fsp3) is 0.529. The molecule has 5 heteroatoms. The zero-order valence-corrected chi connectivity index (χ0v) is 13.9. The molecule has 0 radical (unpaired) electrons. The van der Waals surface area contributed by atoms with E-state index in [1.54, 1.807) is 19.1 Å². The molecule has 1 heterocycles. The quantitative estimate of drug-likeness (QED) is 0.801. The highest BCUT2D eigenvalue weighted by Crippen LogP contribution is 2.23. The number of hydrogen-bond donors (Lipinski definition) is 0. The highest BCUT2D eigenvalue weighted by Gasteiger charge is 2.19. The largest absolute Gasteiger partial charge is 0.337 e. The molecule has 0 saturated heterocycles. The summed E-state index contributed by atoms with van der Waals surface area (Å²) in [4.78, 5) is 6.66. The summed E-state index contributed by atoms with van der Waals surface area (Å²) in [6.45, 7) is 9.17. The minimum absolute atomic E-state index is 0.0570. The van der Waals surface area contributed by atoms with Crippen LogP contribution >= 0.6 is 0 Å². The van der Waals surface area contributed by atoms with Crippen molar-refractivity contribution in [2.45, 2.75) is 40.2 Å². The number of halogens is 1. The maximum absolute atomic E-state index is 13.3. The zero-order valence-electron chi connectivity index (χ0n) is 13.9. The number of hydrogen-bond acceptors (Lipinski definition) is 4. The second-order valence-corrected chi connectivity index (χ2v) is 6.26. The molecule has 120 valence electrons. The molecule has 1 unspecified atom stereocenters. The first-order valence-corrected chi connectivity index (χ1v) is 7.69. The van der Waals surface area contributed by atoms with Gasteiger partial charge in [-0.3, -0.25) is 4.90 Å². The Morgan fingerprint density at radius 1 is 1.27 bits per heavy atom. The molecule has 1 aromatic heterocycles. The van der Waals surface area contributed by atoms with E-state index < -0.39 is 0 Å². The van der Waals surface area contributed by atoms with E-state index in [-0.39, 0.29) is 11.9 Å². The fourth-order valence-electron chi connectivity index (χ4n) is 2.15. The summed E-state index contributed by atoms with van der Waals surface area (Å²) < 4.78 is 18.7. The molecule has 0 amide bonds. The van der Waals surface area contributed by atoms with Crippen molar-refractivity contribution >= 4 is 0 Å². The standard InChI is InChI=1S/C17H24FN3O/c1-11(2)8-9-21(5)13(4)17-19-16(20-22-17)14-6-7-15(18)12(3)10-14/h6-7,10-11,13H,8-9H2,1-5H3. The minimum Gasteiger partial charge on any atom is -0.337 e. The Hall–Kier alpha value is -1.75. The summed E-state index contributed by atoms with van der Waals surface area (Å²) >= 11 is 0. The van der Waals surface area contributed by atoms with Crippen LogP contribution in [-0.2, 0) is 0 Å². The van der Waals surface area contributed by atoms with Gasteiger partial charge in [0.2, 0.25) is 11.7 Å². The Morgan fingerprint density at radius 3 is 2.64 bits per heavy atom. The molecular weight excluding hydrogens is 281 g/mol. The number of aryl methyl sites for hydroxylation is 1. The first-order chi connectivity index (χ1) is 10.4. The van der Waals surface area contributed by atoms with Gasteiger partial charge >= 0.3 is 0 Å². The summed E-state index contributed by atoms with van der Waals surface area (Å²) in [5.74, 6) is 1.52. The van der Waals surface area contributed by atoms with Gasteiger partial charge in [-0.15, -0.1) is 0 Å². The van der Waals surface area contributed by atoms with Crippen LogP contribution in [0, 0.1) is 18.7 Å². The third-order valence-corrected chi connectivity index (χ3v) is 3.94. The molecule has 0 aliphatic heterocycles. The summed E-state index contributed by atoms with van der Waals surface area (Å²) in [7, 11) is 2.05. The van der Waals surface area contributed by atoms with Gasteiger partial charge in [0.25, 0.3) is 0 Å². The Morgan fingerprint density at radius 2 is 2.00 bits per heavy atom. The molecule has 4 nitrogen and oxygen atoms in total. The van der Waals surface area contributed by atoms with E-state index in [0.29, 0.717) is 23.2 Å². The van der Waals surface area contributed by atoms with E-state index in [0.717, 1.165) is 18.5 Å². The molecule has 0 saturated carbocycles. The monoisotopic (exact) mass is 305 g/mol. The summed E-state index contributed by atoms with van der Waals surface area (Å²) in [6.07, 6.45) is 1.12. The van der Waals surface area contributed by atoms with Crippen molar-refractivity contribution in [2.75, 3.05) is 13.6 Å². The third-order valence-electron chi connectivity index (χ3n) is 3.94. The SMILES string of the molecule is Cc1cc(-c2noc(C(C)N(C)CCC(C)C)n2)ccc1F. The first-order valence-electron chi connectivity index (χ1n) is 7.69. The molecular formula is C17H24FN3O. The van der Waals surface area contributed by atoms with Gasteiger partial charge in [0, 0.05) is 5.56 Å². The van der Waals surface area contributed by atoms with Gasteiger partial charge in [0.15, 0.2) is 0 Å². The average molecular weight is 305 g/mol. The minimum atomic E-state index is -0.228. The molecule has 1 aromatic carbocycles. The zero-order chi connectivity index (χ0) is 16.3. The topological polar surface area (TPSA) is 42.2 Å². The third kappa shape index (κ3) is 3.91. The van der Waals surface area contributed by atoms with Gasteiger partial charge in [-0.1, -0.05) is 19.0 Å². The van der Waals surface area contributed by atoms with Crippen molar-refractivity contribution in [3.05, 3.63) is 35.5 Å². The van der Waals surface area contributed by atoms with Crippen molar-refractivity contribution in [1.29, 1.82) is 0 Å². The predicted octanol–water partition coefficient (Wildman–Crippen LogP) is 4.22. The van der Waals surface area contributed by atoms with Crippen LogP contribution in [0.5, 0.6) is 0 Å². The molecule has 0 bridgehead atoms. The lowest BCUT2D eigenvalue weighted by atomic mass is 10.1. The second kappa shape index (κ2) is 7.01. The maximum atomic E-state index is 13.3. The molecule has 0 fully saturated rings. The lowest BCUT2D eigenvalue weighted by Crippen LogP contribution is -2.24. The number of rotatable bonds is 6. The van der Waals surface area contributed by atoms with E-state index in [9.17, 15) is 4.39 Å². The Kier molecular flexibility index (Phi) is 5.29. The molecule has 0 spiro atoms. The second-order valence-electron chi connectivity index (χ2n) is 6.26. The summed E-state index contributed by atoms with van der Waals surface area (Å²) in [5.41, 5.74) is 1.34. The first kappa shape index (κ1) is 16.6. The van der Waals surface area contributed by atoms with Crippen molar-refractivity contribution < 1.29 is 8.91 Å². The van der Waals surface area contributed by atoms with E-state index in [2.05, 4.69) is 35.9 Å². The normalized spacial score (nSPS) is 13.1. The molecule has 0 aliphatic rings. The van der Waals surface area contributed by atoms with E-state index in [1.165, 1.54) is 6.07 Å². The van der Waals surface area contributed by atoms with Gasteiger partial charge in [-0.25, -0.2) is 4.39 Å². The van der Waals surface area contributed by atoms with Crippen LogP contribution in [0.3, 0.4) is 0 Å². The van der Waals surface area contributed by atoms with Gasteiger partial charge in [0.05, 0.1) is 6.04 Å². The fourth-order valence-corrected chi connectivity index (χ4v) is 2.15. The Labute approximate surface area is 131 Å². The van der Waals surface area contributed by atoms with Gasteiger partial charge in [0.1, 0.15) is 5.82 Å². The van der Waals surface area contributed by atoms with Crippen LogP contribution in [0.15, 0.2) is 22.7 Å². The van der Waals surface area contributed by atoms with Gasteiger partial charge in [-0.2, -0.15) is 4.98 Å². The molecule has 0 N–H and O–H groups in total. The molecule has 22 heavy (non-hydrogen) atoms. The lowest BCUT2D eigenvalue weighted by Gasteiger charge is -2.22. The van der Waals surface area contributed by atoms with Crippen LogP contribution in [0.1, 0.15) is 44.7 Å². The smallest absolute Gasteiger partial charge is 0.244 e. The molecule has 1 atom stereocenters. The molecule has 2 aromatic rings. The molecule has 0 aliphatic carbocycles. The lowest BCUT2D eigenvalue weighted by molar-refractivity contribution is 0.200. The van der Waals surface area contributed by atoms with Gasteiger partial charge in [-0.05, 0) is 63.5 Å². The summed E-state index contributed by atoms with van der Waals surface area (Å²) in [6, 6.07) is 4.89. The van der Waals surface area contributed by atoms with Crippen LogP contribution in [-0.4, -0.2) is 28.6 Å². The van der Waals surface area contributed by atoms with Crippen LogP contribution < -0.4 is 0 Å². The van der Waals surface area contributed by atoms with Crippen molar-refractivity contribution in [3.8, 4) is 11.4 Å². The number of benzene rings is 1. The summed E-state index contributed by atoms with van der Waals surface area (Å²) in [5, 5.41) is 4.02.